The van der Waals surface area contributed by atoms with E-state index in [4.69, 9.17) is 9.47 Å². The summed E-state index contributed by atoms with van der Waals surface area (Å²) in [7, 11) is -3.90. The maximum Gasteiger partial charge on any atom is 0.269 e. The average molecular weight is 494 g/mol. The topological polar surface area (TPSA) is 114 Å². The summed E-state index contributed by atoms with van der Waals surface area (Å²) in [6, 6.07) is 17.5. The minimum absolute atomic E-state index is 0.00753. The summed E-state index contributed by atoms with van der Waals surface area (Å²) < 4.78 is 39.2. The van der Waals surface area contributed by atoms with Crippen molar-refractivity contribution in [3.63, 3.8) is 0 Å². The van der Waals surface area contributed by atoms with Gasteiger partial charge in [-0.2, -0.15) is 0 Å². The molecule has 0 spiro atoms. The SMILES string of the molecule is CC1Cc2ccccc2N1S(=O)(=O)c1cccc(C(=O)NNC(=O)c2ccc3c(c2)OCCO3)c1. The molecule has 1 unspecified atom stereocenters. The number of hydrogen-bond donors (Lipinski definition) is 2. The summed E-state index contributed by atoms with van der Waals surface area (Å²) in [5, 5.41) is 0. The van der Waals surface area contributed by atoms with Gasteiger partial charge in [0, 0.05) is 17.2 Å². The third kappa shape index (κ3) is 4.28. The van der Waals surface area contributed by atoms with Crippen molar-refractivity contribution in [2.24, 2.45) is 0 Å². The third-order valence-electron chi connectivity index (χ3n) is 5.89. The van der Waals surface area contributed by atoms with E-state index in [1.807, 2.05) is 19.1 Å². The van der Waals surface area contributed by atoms with Crippen LogP contribution in [0.4, 0.5) is 5.69 Å². The number of carbonyl (C=O) groups excluding carboxylic acids is 2. The Balaban J connectivity index is 1.31. The van der Waals surface area contributed by atoms with Crippen LogP contribution in [0.15, 0.2) is 71.6 Å². The second-order valence-corrected chi connectivity index (χ2v) is 10.1. The Morgan fingerprint density at radius 1 is 0.857 bits per heavy atom. The van der Waals surface area contributed by atoms with Crippen LogP contribution in [0.25, 0.3) is 0 Å². The lowest BCUT2D eigenvalue weighted by Crippen LogP contribution is -2.41. The van der Waals surface area contributed by atoms with Crippen LogP contribution in [-0.2, 0) is 16.4 Å². The summed E-state index contributed by atoms with van der Waals surface area (Å²) in [6.07, 6.45) is 0.613. The van der Waals surface area contributed by atoms with Crippen molar-refractivity contribution in [2.45, 2.75) is 24.3 Å². The van der Waals surface area contributed by atoms with Gasteiger partial charge in [-0.1, -0.05) is 24.3 Å². The molecule has 2 N–H and O–H groups in total. The van der Waals surface area contributed by atoms with Crippen LogP contribution in [0, 0.1) is 0 Å². The molecule has 0 aliphatic carbocycles. The number of rotatable bonds is 4. The molecule has 2 aliphatic rings. The fourth-order valence-corrected chi connectivity index (χ4v) is 6.00. The van der Waals surface area contributed by atoms with Crippen LogP contribution in [0.2, 0.25) is 0 Å². The zero-order valence-electron chi connectivity index (χ0n) is 18.9. The molecule has 1 atom stereocenters. The largest absolute Gasteiger partial charge is 0.486 e. The molecule has 2 heterocycles. The molecule has 2 aliphatic heterocycles. The number of ether oxygens (including phenoxy) is 2. The zero-order valence-corrected chi connectivity index (χ0v) is 19.7. The molecule has 9 nitrogen and oxygen atoms in total. The molecule has 35 heavy (non-hydrogen) atoms. The smallest absolute Gasteiger partial charge is 0.269 e. The maximum atomic E-state index is 13.5. The molecule has 5 rings (SSSR count). The molecule has 0 bridgehead atoms. The van der Waals surface area contributed by atoms with E-state index >= 15 is 0 Å². The van der Waals surface area contributed by atoms with Crippen LogP contribution >= 0.6 is 0 Å². The molecular formula is C25H23N3O6S. The summed E-state index contributed by atoms with van der Waals surface area (Å²) >= 11 is 0. The van der Waals surface area contributed by atoms with Gasteiger partial charge in [-0.3, -0.25) is 24.7 Å². The number of carbonyl (C=O) groups is 2. The van der Waals surface area contributed by atoms with Crippen LogP contribution in [0.3, 0.4) is 0 Å². The number of sulfonamides is 1. The van der Waals surface area contributed by atoms with Gasteiger partial charge in [0.05, 0.1) is 10.6 Å². The molecule has 0 fully saturated rings. The van der Waals surface area contributed by atoms with Crippen molar-refractivity contribution in [1.29, 1.82) is 0 Å². The van der Waals surface area contributed by atoms with Gasteiger partial charge in [0.2, 0.25) is 0 Å². The molecule has 0 radical (unpaired) electrons. The van der Waals surface area contributed by atoms with Gasteiger partial charge in [0.15, 0.2) is 11.5 Å². The number of fused-ring (bicyclic) bond motifs is 2. The Labute approximate surface area is 202 Å². The van der Waals surface area contributed by atoms with E-state index in [0.29, 0.717) is 36.8 Å². The van der Waals surface area contributed by atoms with Gasteiger partial charge in [0.25, 0.3) is 21.8 Å². The predicted molar refractivity (Wildman–Crippen MR) is 128 cm³/mol. The Morgan fingerprint density at radius 3 is 2.31 bits per heavy atom. The van der Waals surface area contributed by atoms with E-state index < -0.39 is 21.8 Å². The lowest BCUT2D eigenvalue weighted by atomic mass is 10.1. The van der Waals surface area contributed by atoms with Crippen LogP contribution in [0.5, 0.6) is 11.5 Å². The van der Waals surface area contributed by atoms with Crippen molar-refractivity contribution >= 4 is 27.5 Å². The Morgan fingerprint density at radius 2 is 1.54 bits per heavy atom. The first kappa shape index (κ1) is 22.7. The van der Waals surface area contributed by atoms with Gasteiger partial charge < -0.3 is 9.47 Å². The number of nitrogens with one attached hydrogen (secondary N) is 2. The van der Waals surface area contributed by atoms with Gasteiger partial charge in [-0.05, 0) is 61.4 Å². The normalized spacial score (nSPS) is 16.4. The monoisotopic (exact) mass is 493 g/mol. The van der Waals surface area contributed by atoms with E-state index in [1.54, 1.807) is 24.3 Å². The molecule has 0 saturated heterocycles. The molecule has 0 saturated carbocycles. The van der Waals surface area contributed by atoms with Crippen LogP contribution in [-0.4, -0.2) is 39.5 Å². The standard InChI is InChI=1S/C25H23N3O6S/c1-16-13-17-5-2-3-8-21(17)28(16)35(31,32)20-7-4-6-18(14-20)24(29)26-27-25(30)19-9-10-22-23(15-19)34-12-11-33-22/h2-10,14-16H,11-13H2,1H3,(H,26,29)(H,27,30). The Kier molecular flexibility index (Phi) is 5.81. The Bertz CT molecular complexity index is 1420. The van der Waals surface area contributed by atoms with Crippen molar-refractivity contribution in [3.8, 4) is 11.5 Å². The minimum Gasteiger partial charge on any atom is -0.486 e. The molecule has 10 heteroatoms. The number of nitrogens with zero attached hydrogens (tertiary/aromatic N) is 1. The second kappa shape index (κ2) is 8.95. The number of hydrogen-bond acceptors (Lipinski definition) is 6. The van der Waals surface area contributed by atoms with Gasteiger partial charge in [-0.25, -0.2) is 8.42 Å². The van der Waals surface area contributed by atoms with Crippen molar-refractivity contribution in [1.82, 2.24) is 10.9 Å². The quantitative estimate of drug-likeness (QED) is 0.540. The number of hydrazine groups is 1. The van der Waals surface area contributed by atoms with E-state index in [1.165, 1.54) is 34.6 Å². The second-order valence-electron chi connectivity index (χ2n) is 8.28. The van der Waals surface area contributed by atoms with E-state index in [2.05, 4.69) is 10.9 Å². The van der Waals surface area contributed by atoms with Crippen LogP contribution in [0.1, 0.15) is 33.2 Å². The first-order chi connectivity index (χ1) is 16.8. The lowest BCUT2D eigenvalue weighted by molar-refractivity contribution is 0.0846. The fraction of sp³-hybridized carbons (Fsp3) is 0.200. The third-order valence-corrected chi connectivity index (χ3v) is 7.82. The number of benzene rings is 3. The molecule has 0 aromatic heterocycles. The average Bonchev–Trinajstić information content (AvgIpc) is 3.23. The molecule has 3 aromatic rings. The minimum atomic E-state index is -3.90. The van der Waals surface area contributed by atoms with E-state index in [9.17, 15) is 18.0 Å². The van der Waals surface area contributed by atoms with Crippen molar-refractivity contribution < 1.29 is 27.5 Å². The number of para-hydroxylation sites is 1. The zero-order chi connectivity index (χ0) is 24.6. The maximum absolute atomic E-state index is 13.5. The Hall–Kier alpha value is -4.05. The van der Waals surface area contributed by atoms with Gasteiger partial charge in [0.1, 0.15) is 13.2 Å². The first-order valence-corrected chi connectivity index (χ1v) is 12.5. The number of amides is 2. The summed E-state index contributed by atoms with van der Waals surface area (Å²) in [6.45, 7) is 2.67. The molecule has 3 aromatic carbocycles. The highest BCUT2D eigenvalue weighted by atomic mass is 32.2. The highest BCUT2D eigenvalue weighted by molar-refractivity contribution is 7.92. The summed E-state index contributed by atoms with van der Waals surface area (Å²) in [4.78, 5) is 25.2. The fourth-order valence-electron chi connectivity index (χ4n) is 4.26. The molecular weight excluding hydrogens is 470 g/mol. The first-order valence-electron chi connectivity index (χ1n) is 11.1. The summed E-state index contributed by atoms with van der Waals surface area (Å²) in [5.74, 6) is -0.208. The van der Waals surface area contributed by atoms with E-state index in [-0.39, 0.29) is 22.1 Å². The van der Waals surface area contributed by atoms with Crippen molar-refractivity contribution in [3.05, 3.63) is 83.4 Å². The lowest BCUT2D eigenvalue weighted by Gasteiger charge is -2.24. The predicted octanol–water partition coefficient (Wildman–Crippen LogP) is 2.67. The molecule has 2 amide bonds. The number of anilines is 1. The highest BCUT2D eigenvalue weighted by Crippen LogP contribution is 2.36. The summed E-state index contributed by atoms with van der Waals surface area (Å²) in [5.41, 5.74) is 6.63. The van der Waals surface area contributed by atoms with Gasteiger partial charge >= 0.3 is 0 Å². The molecule has 180 valence electrons. The van der Waals surface area contributed by atoms with Crippen LogP contribution < -0.4 is 24.6 Å². The van der Waals surface area contributed by atoms with E-state index in [0.717, 1.165) is 5.56 Å². The highest BCUT2D eigenvalue weighted by Gasteiger charge is 2.36. The van der Waals surface area contributed by atoms with Crippen molar-refractivity contribution in [2.75, 3.05) is 17.5 Å². The van der Waals surface area contributed by atoms with Gasteiger partial charge in [-0.15, -0.1) is 0 Å².